The fourth-order valence-corrected chi connectivity index (χ4v) is 6.06. The van der Waals surface area contributed by atoms with E-state index in [1.54, 1.807) is 7.05 Å². The summed E-state index contributed by atoms with van der Waals surface area (Å²) in [7, 11) is -13.7. The van der Waals surface area contributed by atoms with Gasteiger partial charge in [-0.25, -0.2) is 28.6 Å². The summed E-state index contributed by atoms with van der Waals surface area (Å²) in [6.45, 7) is -0.857. The zero-order chi connectivity index (χ0) is 24.6. The number of hydrogen-bond acceptors (Lipinski definition) is 13. The molecule has 0 aliphatic carbocycles. The van der Waals surface area contributed by atoms with Gasteiger partial charge in [0, 0.05) is 14.2 Å². The number of ether oxygens (including phenoxy) is 2. The Morgan fingerprint density at radius 1 is 1.12 bits per heavy atom. The molecule has 6 atom stereocenters. The maximum atomic E-state index is 11.9. The minimum absolute atomic E-state index is 0.321. The molecule has 1 saturated heterocycles. The first-order valence-corrected chi connectivity index (χ1v) is 13.3. The summed E-state index contributed by atoms with van der Waals surface area (Å²) >= 11 is 0. The van der Waals surface area contributed by atoms with E-state index >= 15 is 0 Å². The van der Waals surface area contributed by atoms with Gasteiger partial charge in [0.25, 0.3) is 0 Å². The maximum absolute atomic E-state index is 11.9. The topological polar surface area (TPSA) is 254 Å². The van der Waals surface area contributed by atoms with E-state index in [1.165, 1.54) is 24.3 Å². The van der Waals surface area contributed by atoms with Gasteiger partial charge in [-0.05, 0) is 0 Å². The van der Waals surface area contributed by atoms with Crippen molar-refractivity contribution in [2.24, 2.45) is 0 Å². The molecular weight excluding hydrogens is 515 g/mol. The van der Waals surface area contributed by atoms with Gasteiger partial charge in [-0.1, -0.05) is 0 Å². The zero-order valence-electron chi connectivity index (χ0n) is 16.8. The molecule has 0 spiro atoms. The minimum Gasteiger partial charge on any atom is -0.387 e. The van der Waals surface area contributed by atoms with Crippen molar-refractivity contribution < 1.29 is 61.0 Å². The second-order valence-electron chi connectivity index (χ2n) is 6.44. The van der Waals surface area contributed by atoms with E-state index in [4.69, 9.17) is 19.3 Å². The van der Waals surface area contributed by atoms with E-state index in [1.807, 2.05) is 0 Å². The van der Waals surface area contributed by atoms with E-state index in [2.05, 4.69) is 33.4 Å². The molecule has 0 bridgehead atoms. The number of phosphoric ester groups is 1. The second-order valence-corrected chi connectivity index (χ2v) is 10.9. The van der Waals surface area contributed by atoms with Crippen LogP contribution in [0, 0.1) is 0 Å². The van der Waals surface area contributed by atoms with E-state index in [0.29, 0.717) is 17.0 Å². The summed E-state index contributed by atoms with van der Waals surface area (Å²) in [6.07, 6.45) is -2.15. The molecule has 1 fully saturated rings. The highest BCUT2D eigenvalue weighted by molar-refractivity contribution is 7.66. The van der Waals surface area contributed by atoms with Crippen molar-refractivity contribution in [3.8, 4) is 0 Å². The van der Waals surface area contributed by atoms with Crippen molar-refractivity contribution in [3.63, 3.8) is 0 Å². The van der Waals surface area contributed by atoms with Gasteiger partial charge in [-0.3, -0.25) is 9.09 Å². The maximum Gasteiger partial charge on any atom is 0.490 e. The standard InChI is InChI=1S/C12H20N5O13P3/c1-13-10-7-11(15-4-14-10)17(5-16-7)12-9(26-2)8(18)6(28-12)3-27-32(22,23)30-33(24,25)29-31(19,20)21/h4-6,8-9,12,18H,3H2,1-2H3,(H,22,23)(H,24,25)(H,13,14,15)(H2,19,20,21)/t6-,8-,9-,12-/m1/s1. The number of aliphatic hydroxyl groups is 1. The van der Waals surface area contributed by atoms with Gasteiger partial charge in [0.15, 0.2) is 17.7 Å². The van der Waals surface area contributed by atoms with Crippen molar-refractivity contribution in [2.45, 2.75) is 24.5 Å². The molecule has 2 aromatic heterocycles. The Labute approximate surface area is 184 Å². The molecule has 1 aliphatic rings. The van der Waals surface area contributed by atoms with Crippen molar-refractivity contribution in [3.05, 3.63) is 12.7 Å². The number of anilines is 1. The lowest BCUT2D eigenvalue weighted by Crippen LogP contribution is -2.35. The quantitative estimate of drug-likeness (QED) is 0.209. The first-order valence-electron chi connectivity index (χ1n) is 8.77. The summed E-state index contributed by atoms with van der Waals surface area (Å²) in [4.78, 5) is 48.2. The minimum atomic E-state index is -5.68. The lowest BCUT2D eigenvalue weighted by atomic mass is 10.1. The number of aromatic nitrogens is 4. The average Bonchev–Trinajstić information content (AvgIpc) is 3.23. The monoisotopic (exact) mass is 535 g/mol. The summed E-state index contributed by atoms with van der Waals surface area (Å²) in [5, 5.41) is 13.4. The molecule has 6 N–H and O–H groups in total. The van der Waals surface area contributed by atoms with Crippen molar-refractivity contribution in [2.75, 3.05) is 26.1 Å². The van der Waals surface area contributed by atoms with Crippen LogP contribution in [0.5, 0.6) is 0 Å². The van der Waals surface area contributed by atoms with Gasteiger partial charge >= 0.3 is 23.5 Å². The van der Waals surface area contributed by atoms with Gasteiger partial charge < -0.3 is 39.5 Å². The summed E-state index contributed by atoms with van der Waals surface area (Å²) in [5.41, 5.74) is 0.715. The van der Waals surface area contributed by atoms with E-state index in [0.717, 1.165) is 0 Å². The van der Waals surface area contributed by atoms with Crippen LogP contribution in [0.1, 0.15) is 6.23 Å². The van der Waals surface area contributed by atoms with Gasteiger partial charge in [0.2, 0.25) is 0 Å². The lowest BCUT2D eigenvalue weighted by Gasteiger charge is -2.19. The number of nitrogens with zero attached hydrogens (tertiary/aromatic N) is 4. The number of imidazole rings is 1. The van der Waals surface area contributed by atoms with E-state index in [9.17, 15) is 28.6 Å². The predicted octanol–water partition coefficient (Wildman–Crippen LogP) is -0.515. The van der Waals surface area contributed by atoms with Crippen LogP contribution in [0.25, 0.3) is 11.2 Å². The molecule has 186 valence electrons. The molecule has 0 radical (unpaired) electrons. The third kappa shape index (κ3) is 6.21. The summed E-state index contributed by atoms with van der Waals surface area (Å²) < 4.78 is 58.2. The van der Waals surface area contributed by atoms with Crippen LogP contribution in [-0.4, -0.2) is 83.3 Å². The number of aliphatic hydroxyl groups excluding tert-OH is 1. The Morgan fingerprint density at radius 2 is 1.82 bits per heavy atom. The molecule has 33 heavy (non-hydrogen) atoms. The molecule has 0 amide bonds. The fourth-order valence-electron chi connectivity index (χ4n) is 3.03. The molecule has 3 heterocycles. The smallest absolute Gasteiger partial charge is 0.387 e. The van der Waals surface area contributed by atoms with Crippen LogP contribution >= 0.6 is 23.5 Å². The summed E-state index contributed by atoms with van der Waals surface area (Å²) in [5.74, 6) is 0.426. The molecule has 2 unspecified atom stereocenters. The highest BCUT2D eigenvalue weighted by Crippen LogP contribution is 2.66. The molecule has 1 aliphatic heterocycles. The molecule has 21 heteroatoms. The first kappa shape index (κ1) is 26.2. The van der Waals surface area contributed by atoms with E-state index in [-0.39, 0.29) is 0 Å². The van der Waals surface area contributed by atoms with Crippen LogP contribution in [0.2, 0.25) is 0 Å². The fraction of sp³-hybridized carbons (Fsp3) is 0.583. The van der Waals surface area contributed by atoms with Crippen LogP contribution < -0.4 is 5.32 Å². The van der Waals surface area contributed by atoms with Gasteiger partial charge in [-0.2, -0.15) is 8.62 Å². The molecule has 0 aromatic carbocycles. The van der Waals surface area contributed by atoms with Crippen LogP contribution in [-0.2, 0) is 36.3 Å². The van der Waals surface area contributed by atoms with Gasteiger partial charge in [0.05, 0.1) is 12.9 Å². The van der Waals surface area contributed by atoms with Crippen LogP contribution in [0.4, 0.5) is 5.82 Å². The number of fused-ring (bicyclic) bond motifs is 1. The average molecular weight is 535 g/mol. The number of nitrogens with one attached hydrogen (secondary N) is 1. The number of hydrogen-bond donors (Lipinski definition) is 6. The normalized spacial score (nSPS) is 27.4. The van der Waals surface area contributed by atoms with Gasteiger partial charge in [-0.15, -0.1) is 0 Å². The van der Waals surface area contributed by atoms with Gasteiger partial charge in [0.1, 0.15) is 30.2 Å². The van der Waals surface area contributed by atoms with Crippen molar-refractivity contribution in [1.29, 1.82) is 0 Å². The highest BCUT2D eigenvalue weighted by atomic mass is 31.3. The summed E-state index contributed by atoms with van der Waals surface area (Å²) in [6, 6.07) is 0. The third-order valence-corrected chi connectivity index (χ3v) is 8.08. The largest absolute Gasteiger partial charge is 0.490 e. The SMILES string of the molecule is CNc1ncnc2c1ncn2[C@@H]1O[C@H](COP(=O)(O)OP(=O)(O)OP(=O)(O)O)[C@@H](O)[C@H]1OC. The molecule has 0 saturated carbocycles. The van der Waals surface area contributed by atoms with Crippen molar-refractivity contribution >= 4 is 40.4 Å². The number of methoxy groups -OCH3 is 1. The van der Waals surface area contributed by atoms with E-state index < -0.39 is 54.6 Å². The third-order valence-electron chi connectivity index (χ3n) is 4.27. The Hall–Kier alpha value is -1.36. The number of phosphoric acid groups is 3. The highest BCUT2D eigenvalue weighted by Gasteiger charge is 2.47. The number of rotatable bonds is 10. The zero-order valence-corrected chi connectivity index (χ0v) is 19.5. The Kier molecular flexibility index (Phi) is 7.73. The predicted molar refractivity (Wildman–Crippen MR) is 105 cm³/mol. The molecular formula is C12H20N5O13P3. The van der Waals surface area contributed by atoms with Crippen molar-refractivity contribution in [1.82, 2.24) is 19.5 Å². The molecule has 2 aromatic rings. The Morgan fingerprint density at radius 3 is 2.42 bits per heavy atom. The Balaban J connectivity index is 1.74. The molecule has 18 nitrogen and oxygen atoms in total. The first-order chi connectivity index (χ1) is 15.3. The lowest BCUT2D eigenvalue weighted by molar-refractivity contribution is -0.0577. The molecule has 3 rings (SSSR count). The Bertz CT molecular complexity index is 1140. The second kappa shape index (κ2) is 9.71. The van der Waals surface area contributed by atoms with Crippen LogP contribution in [0.3, 0.4) is 0 Å². The van der Waals surface area contributed by atoms with Crippen LogP contribution in [0.15, 0.2) is 12.7 Å².